The second-order valence-electron chi connectivity index (χ2n) is 5.25. The zero-order valence-electron chi connectivity index (χ0n) is 10.7. The molecule has 19 heavy (non-hydrogen) atoms. The van der Waals surface area contributed by atoms with Gasteiger partial charge >= 0.3 is 0 Å². The van der Waals surface area contributed by atoms with Crippen molar-refractivity contribution in [1.29, 1.82) is 0 Å². The highest BCUT2D eigenvalue weighted by Gasteiger charge is 2.44. The Bertz CT molecular complexity index is 547. The van der Waals surface area contributed by atoms with E-state index in [0.717, 1.165) is 23.6 Å². The Morgan fingerprint density at radius 3 is 2.37 bits per heavy atom. The van der Waals surface area contributed by atoms with E-state index in [9.17, 15) is 0 Å². The van der Waals surface area contributed by atoms with Crippen molar-refractivity contribution in [1.82, 2.24) is 4.98 Å². The smallest absolute Gasteiger partial charge is 0.0580 e. The number of nitrogens with two attached hydrogens (primary N) is 1. The maximum Gasteiger partial charge on any atom is 0.0580 e. The lowest BCUT2D eigenvalue weighted by Crippen LogP contribution is -2.44. The van der Waals surface area contributed by atoms with E-state index in [2.05, 4.69) is 17.1 Å². The number of hydrogen-bond acceptors (Lipinski definition) is 2. The summed E-state index contributed by atoms with van der Waals surface area (Å²) in [6, 6.07) is 14.0. The highest BCUT2D eigenvalue weighted by Crippen LogP contribution is 2.50. The summed E-state index contributed by atoms with van der Waals surface area (Å²) in [5.74, 6) is 0. The second-order valence-corrected chi connectivity index (χ2v) is 5.69. The third-order valence-electron chi connectivity index (χ3n) is 4.27. The third-order valence-corrected chi connectivity index (χ3v) is 4.52. The van der Waals surface area contributed by atoms with Gasteiger partial charge in [0.2, 0.25) is 0 Å². The highest BCUT2D eigenvalue weighted by molar-refractivity contribution is 6.30. The normalized spacial score (nSPS) is 18.6. The molecule has 1 unspecified atom stereocenters. The summed E-state index contributed by atoms with van der Waals surface area (Å²) in [7, 11) is 0. The Morgan fingerprint density at radius 2 is 1.84 bits per heavy atom. The maximum atomic E-state index is 6.51. The van der Waals surface area contributed by atoms with Gasteiger partial charge in [-0.15, -0.1) is 0 Å². The maximum absolute atomic E-state index is 6.51. The number of rotatable bonds is 3. The van der Waals surface area contributed by atoms with Gasteiger partial charge in [0, 0.05) is 16.6 Å². The Kier molecular flexibility index (Phi) is 3.29. The Labute approximate surface area is 118 Å². The summed E-state index contributed by atoms with van der Waals surface area (Å²) in [6.45, 7) is 0. The van der Waals surface area contributed by atoms with Crippen molar-refractivity contribution in [3.8, 4) is 0 Å². The van der Waals surface area contributed by atoms with Crippen LogP contribution in [0.1, 0.15) is 36.6 Å². The van der Waals surface area contributed by atoms with E-state index in [-0.39, 0.29) is 11.5 Å². The minimum atomic E-state index is -0.0522. The molecule has 2 N–H and O–H groups in total. The zero-order valence-corrected chi connectivity index (χ0v) is 11.5. The van der Waals surface area contributed by atoms with Crippen LogP contribution in [0.4, 0.5) is 0 Å². The van der Waals surface area contributed by atoms with E-state index >= 15 is 0 Å². The summed E-state index contributed by atoms with van der Waals surface area (Å²) in [5, 5.41) is 0.768. The van der Waals surface area contributed by atoms with Crippen LogP contribution in [0.3, 0.4) is 0 Å². The lowest BCUT2D eigenvalue weighted by molar-refractivity contribution is 0.194. The van der Waals surface area contributed by atoms with Gasteiger partial charge in [-0.1, -0.05) is 36.2 Å². The van der Waals surface area contributed by atoms with E-state index in [1.54, 1.807) is 0 Å². The second kappa shape index (κ2) is 4.95. The molecule has 1 aromatic heterocycles. The van der Waals surface area contributed by atoms with Gasteiger partial charge in [-0.25, -0.2) is 0 Å². The van der Waals surface area contributed by atoms with Crippen LogP contribution in [-0.2, 0) is 5.41 Å². The first kappa shape index (κ1) is 12.6. The lowest BCUT2D eigenvalue weighted by Gasteiger charge is -2.46. The molecule has 1 aromatic carbocycles. The number of nitrogens with zero attached hydrogens (tertiary/aromatic N) is 1. The van der Waals surface area contributed by atoms with E-state index in [1.807, 2.05) is 36.5 Å². The topological polar surface area (TPSA) is 38.9 Å². The SMILES string of the molecule is NC(c1ccccn1)C1(c2ccc(Cl)cc2)CCC1. The third kappa shape index (κ3) is 2.15. The molecule has 0 radical (unpaired) electrons. The molecule has 1 heterocycles. The number of hydrogen-bond donors (Lipinski definition) is 1. The van der Waals surface area contributed by atoms with Crippen LogP contribution in [0.5, 0.6) is 0 Å². The molecule has 1 aliphatic carbocycles. The molecule has 1 aliphatic rings. The fourth-order valence-corrected chi connectivity index (χ4v) is 3.09. The lowest BCUT2D eigenvalue weighted by atomic mass is 9.59. The van der Waals surface area contributed by atoms with Gasteiger partial charge in [0.25, 0.3) is 0 Å². The van der Waals surface area contributed by atoms with Crippen molar-refractivity contribution in [3.05, 3.63) is 64.9 Å². The molecule has 1 atom stereocenters. The van der Waals surface area contributed by atoms with Gasteiger partial charge < -0.3 is 5.73 Å². The minimum Gasteiger partial charge on any atom is -0.322 e. The first-order chi connectivity index (χ1) is 9.22. The fraction of sp³-hybridized carbons (Fsp3) is 0.312. The molecule has 0 saturated heterocycles. The van der Waals surface area contributed by atoms with Gasteiger partial charge in [0.1, 0.15) is 0 Å². The molecule has 0 bridgehead atoms. The molecular formula is C16H17ClN2. The monoisotopic (exact) mass is 272 g/mol. The van der Waals surface area contributed by atoms with Gasteiger partial charge in [-0.2, -0.15) is 0 Å². The standard InChI is InChI=1S/C16H17ClN2/c17-13-7-5-12(6-8-13)16(9-3-10-16)15(18)14-4-1-2-11-19-14/h1-2,4-8,11,15H,3,9-10,18H2. The van der Waals surface area contributed by atoms with Crippen LogP contribution in [0.2, 0.25) is 5.02 Å². The van der Waals surface area contributed by atoms with E-state index in [0.29, 0.717) is 0 Å². The minimum absolute atomic E-state index is 0.0267. The van der Waals surface area contributed by atoms with Crippen LogP contribution < -0.4 is 5.73 Å². The first-order valence-electron chi connectivity index (χ1n) is 6.65. The van der Waals surface area contributed by atoms with E-state index in [4.69, 9.17) is 17.3 Å². The van der Waals surface area contributed by atoms with Crippen LogP contribution in [0.15, 0.2) is 48.7 Å². The Balaban J connectivity index is 1.97. The predicted octanol–water partition coefficient (Wildman–Crippen LogP) is 3.86. The molecule has 2 nitrogen and oxygen atoms in total. The average Bonchev–Trinajstić information content (AvgIpc) is 2.40. The van der Waals surface area contributed by atoms with Gasteiger partial charge in [-0.3, -0.25) is 4.98 Å². The van der Waals surface area contributed by atoms with E-state index in [1.165, 1.54) is 12.0 Å². The van der Waals surface area contributed by atoms with Crippen molar-refractivity contribution in [2.45, 2.75) is 30.7 Å². The van der Waals surface area contributed by atoms with E-state index < -0.39 is 0 Å². The molecule has 2 aromatic rings. The van der Waals surface area contributed by atoms with Crippen LogP contribution in [-0.4, -0.2) is 4.98 Å². The Morgan fingerprint density at radius 1 is 1.11 bits per heavy atom. The van der Waals surface area contributed by atoms with Crippen LogP contribution in [0, 0.1) is 0 Å². The largest absolute Gasteiger partial charge is 0.322 e. The molecule has 0 amide bonds. The zero-order chi connectivity index (χ0) is 13.3. The predicted molar refractivity (Wildman–Crippen MR) is 78.1 cm³/mol. The highest BCUT2D eigenvalue weighted by atomic mass is 35.5. The summed E-state index contributed by atoms with van der Waals surface area (Å²) in [6.07, 6.45) is 5.27. The fourth-order valence-electron chi connectivity index (χ4n) is 2.96. The van der Waals surface area contributed by atoms with Gasteiger partial charge in [0.05, 0.1) is 11.7 Å². The van der Waals surface area contributed by atoms with Crippen molar-refractivity contribution in [2.24, 2.45) is 5.73 Å². The number of halogens is 1. The molecule has 0 aliphatic heterocycles. The quantitative estimate of drug-likeness (QED) is 0.922. The number of pyridine rings is 1. The van der Waals surface area contributed by atoms with Gasteiger partial charge in [-0.05, 0) is 42.7 Å². The van der Waals surface area contributed by atoms with Crippen molar-refractivity contribution >= 4 is 11.6 Å². The summed E-state index contributed by atoms with van der Waals surface area (Å²) >= 11 is 5.98. The van der Waals surface area contributed by atoms with Crippen molar-refractivity contribution in [3.63, 3.8) is 0 Å². The van der Waals surface area contributed by atoms with Gasteiger partial charge in [0.15, 0.2) is 0 Å². The molecule has 3 rings (SSSR count). The molecular weight excluding hydrogens is 256 g/mol. The van der Waals surface area contributed by atoms with Crippen LogP contribution >= 0.6 is 11.6 Å². The summed E-state index contributed by atoms with van der Waals surface area (Å²) in [4.78, 5) is 4.42. The molecule has 0 spiro atoms. The summed E-state index contributed by atoms with van der Waals surface area (Å²) < 4.78 is 0. The van der Waals surface area contributed by atoms with Crippen molar-refractivity contribution < 1.29 is 0 Å². The molecule has 98 valence electrons. The Hall–Kier alpha value is -1.38. The molecule has 3 heteroatoms. The average molecular weight is 273 g/mol. The molecule has 1 fully saturated rings. The summed E-state index contributed by atoms with van der Waals surface area (Å²) in [5.41, 5.74) is 8.79. The van der Waals surface area contributed by atoms with Crippen LogP contribution in [0.25, 0.3) is 0 Å². The molecule has 1 saturated carbocycles. The first-order valence-corrected chi connectivity index (χ1v) is 7.03. The number of benzene rings is 1. The number of aromatic nitrogens is 1. The van der Waals surface area contributed by atoms with Crippen molar-refractivity contribution in [2.75, 3.05) is 0 Å².